The van der Waals surface area contributed by atoms with Crippen molar-refractivity contribution in [2.24, 2.45) is 0 Å². The molecule has 0 spiro atoms. The molecular formula is C19H13N3O6. The van der Waals surface area contributed by atoms with Gasteiger partial charge < -0.3 is 9.15 Å². The van der Waals surface area contributed by atoms with Crippen molar-refractivity contribution in [2.75, 3.05) is 7.11 Å². The molecule has 1 aromatic heterocycles. The lowest BCUT2D eigenvalue weighted by Gasteiger charge is -2.15. The number of furan rings is 1. The van der Waals surface area contributed by atoms with E-state index in [2.05, 4.69) is 5.32 Å². The van der Waals surface area contributed by atoms with Crippen molar-refractivity contribution in [3.05, 3.63) is 62.9 Å². The van der Waals surface area contributed by atoms with Crippen LogP contribution >= 0.6 is 0 Å². The zero-order chi connectivity index (χ0) is 20.4. The van der Waals surface area contributed by atoms with E-state index in [0.29, 0.717) is 17.1 Å². The number of carbonyl (C=O) groups is 2. The van der Waals surface area contributed by atoms with Gasteiger partial charge in [-0.2, -0.15) is 5.26 Å². The molecule has 140 valence electrons. The third-order valence-electron chi connectivity index (χ3n) is 4.16. The van der Waals surface area contributed by atoms with Crippen molar-refractivity contribution in [3.63, 3.8) is 0 Å². The highest BCUT2D eigenvalue weighted by Gasteiger charge is 2.27. The Morgan fingerprint density at radius 2 is 2.00 bits per heavy atom. The Bertz CT molecular complexity index is 1120. The zero-order valence-corrected chi connectivity index (χ0v) is 14.8. The number of hydrogen-bond acceptors (Lipinski definition) is 7. The van der Waals surface area contributed by atoms with Crippen LogP contribution in [0.15, 0.2) is 51.5 Å². The van der Waals surface area contributed by atoms with Crippen LogP contribution in [0.5, 0.6) is 5.75 Å². The molecule has 1 N–H and O–H groups in total. The van der Waals surface area contributed by atoms with Gasteiger partial charge in [0.2, 0.25) is 0 Å². The zero-order valence-electron chi connectivity index (χ0n) is 14.8. The number of non-ortho nitro benzene ring substituents is 1. The first-order valence-corrected chi connectivity index (χ1v) is 7.97. The number of nitro benzene ring substituents is 1. The fourth-order valence-corrected chi connectivity index (χ4v) is 2.73. The molecule has 0 bridgehead atoms. The van der Waals surface area contributed by atoms with Gasteiger partial charge in [-0.3, -0.25) is 25.0 Å². The second kappa shape index (κ2) is 7.20. The molecule has 0 radical (unpaired) electrons. The predicted octanol–water partition coefficient (Wildman–Crippen LogP) is 2.74. The van der Waals surface area contributed by atoms with Crippen LogP contribution in [0.3, 0.4) is 0 Å². The van der Waals surface area contributed by atoms with E-state index in [1.165, 1.54) is 38.3 Å². The number of hydrogen-bond donors (Lipinski definition) is 1. The Kier molecular flexibility index (Phi) is 4.78. The molecule has 0 atom stereocenters. The molecule has 28 heavy (non-hydrogen) atoms. The molecule has 0 saturated carbocycles. The monoisotopic (exact) mass is 379 g/mol. The number of carbonyl (C=O) groups excluding carboxylic acids is 2. The Hall–Kier alpha value is -4.19. The predicted molar refractivity (Wildman–Crippen MR) is 96.8 cm³/mol. The molecule has 2 amide bonds. The van der Waals surface area contributed by atoms with Crippen LogP contribution in [0.1, 0.15) is 12.7 Å². The summed E-state index contributed by atoms with van der Waals surface area (Å²) < 4.78 is 10.9. The van der Waals surface area contributed by atoms with Crippen LogP contribution in [0, 0.1) is 21.4 Å². The van der Waals surface area contributed by atoms with Crippen LogP contribution in [0.2, 0.25) is 0 Å². The highest BCUT2D eigenvalue weighted by molar-refractivity contribution is 6.19. The van der Waals surface area contributed by atoms with Crippen LogP contribution in [-0.2, 0) is 9.59 Å². The number of benzene rings is 1. The first kappa shape index (κ1) is 18.6. The maximum Gasteiger partial charge on any atom is 0.273 e. The van der Waals surface area contributed by atoms with Gasteiger partial charge >= 0.3 is 0 Å². The molecule has 1 aromatic carbocycles. The van der Waals surface area contributed by atoms with Gasteiger partial charge in [0.1, 0.15) is 28.9 Å². The number of rotatable bonds is 4. The number of nitrogens with one attached hydrogen (secondary N) is 1. The van der Waals surface area contributed by atoms with Crippen molar-refractivity contribution in [1.82, 2.24) is 5.32 Å². The van der Waals surface area contributed by atoms with Crippen molar-refractivity contribution in [1.29, 1.82) is 5.26 Å². The number of nitrogens with zero attached hydrogens (tertiary/aromatic N) is 2. The first-order valence-electron chi connectivity index (χ1n) is 7.97. The number of methoxy groups -OCH3 is 1. The molecule has 2 heterocycles. The Morgan fingerprint density at radius 1 is 1.25 bits per heavy atom. The molecule has 1 aliphatic rings. The normalized spacial score (nSPS) is 15.4. The summed E-state index contributed by atoms with van der Waals surface area (Å²) in [4.78, 5) is 34.1. The third kappa shape index (κ3) is 3.26. The topological polar surface area (TPSA) is 135 Å². The fraction of sp³-hybridized carbons (Fsp3) is 0.105. The first-order chi connectivity index (χ1) is 13.3. The summed E-state index contributed by atoms with van der Waals surface area (Å²) in [5.74, 6) is -0.448. The standard InChI is InChI=1S/C19H13N3O6/c1-10-14(18(23)21-19(24)15(10)9-20)8-12-4-6-16(28-12)13-5-3-11(22(25)26)7-17(13)27-2/h3-8H,1-2H3,(H,21,23,24)/b14-8-. The van der Waals surface area contributed by atoms with Gasteiger partial charge in [-0.15, -0.1) is 0 Å². The van der Waals surface area contributed by atoms with E-state index >= 15 is 0 Å². The van der Waals surface area contributed by atoms with Crippen LogP contribution in [-0.4, -0.2) is 23.8 Å². The van der Waals surface area contributed by atoms with Gasteiger partial charge in [-0.25, -0.2) is 0 Å². The van der Waals surface area contributed by atoms with E-state index < -0.39 is 16.7 Å². The summed E-state index contributed by atoms with van der Waals surface area (Å²) in [6, 6.07) is 9.08. The van der Waals surface area contributed by atoms with Crippen molar-refractivity contribution >= 4 is 23.6 Å². The lowest BCUT2D eigenvalue weighted by molar-refractivity contribution is -0.384. The Labute approximate surface area is 158 Å². The van der Waals surface area contributed by atoms with E-state index in [1.54, 1.807) is 18.2 Å². The van der Waals surface area contributed by atoms with E-state index in [4.69, 9.17) is 14.4 Å². The maximum absolute atomic E-state index is 12.1. The average Bonchev–Trinajstić information content (AvgIpc) is 3.13. The quantitative estimate of drug-likeness (QED) is 0.373. The molecule has 9 heteroatoms. The van der Waals surface area contributed by atoms with Crippen LogP contribution < -0.4 is 10.1 Å². The van der Waals surface area contributed by atoms with E-state index in [9.17, 15) is 19.7 Å². The largest absolute Gasteiger partial charge is 0.496 e. The molecule has 2 aromatic rings. The summed E-state index contributed by atoms with van der Waals surface area (Å²) in [7, 11) is 1.38. The van der Waals surface area contributed by atoms with Gasteiger partial charge in [0.15, 0.2) is 0 Å². The molecule has 0 saturated heterocycles. The number of nitro groups is 1. The highest BCUT2D eigenvalue weighted by atomic mass is 16.6. The van der Waals surface area contributed by atoms with Gasteiger partial charge in [0.25, 0.3) is 17.5 Å². The molecule has 3 rings (SSSR count). The Balaban J connectivity index is 2.02. The summed E-state index contributed by atoms with van der Waals surface area (Å²) >= 11 is 0. The van der Waals surface area contributed by atoms with E-state index in [-0.39, 0.29) is 28.2 Å². The summed E-state index contributed by atoms with van der Waals surface area (Å²) in [6.07, 6.45) is 1.41. The van der Waals surface area contributed by atoms with E-state index in [0.717, 1.165) is 0 Å². The van der Waals surface area contributed by atoms with Crippen LogP contribution in [0.25, 0.3) is 17.4 Å². The minimum Gasteiger partial charge on any atom is -0.496 e. The van der Waals surface area contributed by atoms with Crippen molar-refractivity contribution in [2.45, 2.75) is 6.92 Å². The summed E-state index contributed by atoms with van der Waals surface area (Å²) in [5, 5.41) is 22.1. The van der Waals surface area contributed by atoms with Gasteiger partial charge in [0.05, 0.1) is 23.7 Å². The van der Waals surface area contributed by atoms with Crippen molar-refractivity contribution in [3.8, 4) is 23.1 Å². The molecule has 0 unspecified atom stereocenters. The van der Waals surface area contributed by atoms with Crippen molar-refractivity contribution < 1.29 is 23.7 Å². The smallest absolute Gasteiger partial charge is 0.273 e. The van der Waals surface area contributed by atoms with Gasteiger partial charge in [0, 0.05) is 11.6 Å². The number of ether oxygens (including phenoxy) is 1. The minimum absolute atomic E-state index is 0.122. The number of imide groups is 1. The van der Waals surface area contributed by atoms with Gasteiger partial charge in [-0.05, 0) is 36.8 Å². The molecule has 1 aliphatic heterocycles. The van der Waals surface area contributed by atoms with Gasteiger partial charge in [-0.1, -0.05) is 0 Å². The SMILES string of the molecule is COc1cc([N+](=O)[O-])ccc1-c1ccc(/C=C2\C(=O)NC(=O)C(C#N)=C2C)o1. The number of nitriles is 1. The fourth-order valence-electron chi connectivity index (χ4n) is 2.73. The van der Waals surface area contributed by atoms with E-state index in [1.807, 2.05) is 0 Å². The summed E-state index contributed by atoms with van der Waals surface area (Å²) in [5.41, 5.74) is 0.610. The lowest BCUT2D eigenvalue weighted by Crippen LogP contribution is -2.37. The average molecular weight is 379 g/mol. The second-order valence-corrected chi connectivity index (χ2v) is 5.80. The summed E-state index contributed by atoms with van der Waals surface area (Å²) in [6.45, 7) is 1.50. The molecular weight excluding hydrogens is 366 g/mol. The number of amides is 2. The molecule has 0 aliphatic carbocycles. The van der Waals surface area contributed by atoms with Crippen LogP contribution in [0.4, 0.5) is 5.69 Å². The molecule has 9 nitrogen and oxygen atoms in total. The maximum atomic E-state index is 12.1. The Morgan fingerprint density at radius 3 is 2.64 bits per heavy atom. The third-order valence-corrected chi connectivity index (χ3v) is 4.16. The minimum atomic E-state index is -0.738. The second-order valence-electron chi connectivity index (χ2n) is 5.80. The molecule has 0 fully saturated rings. The highest BCUT2D eigenvalue weighted by Crippen LogP contribution is 2.35. The lowest BCUT2D eigenvalue weighted by atomic mass is 9.96.